The van der Waals surface area contributed by atoms with Crippen molar-refractivity contribution >= 4 is 23.0 Å². The molecule has 0 amide bonds. The molecule has 0 aliphatic heterocycles. The lowest BCUT2D eigenvalue weighted by Gasteiger charge is -2.15. The third-order valence-electron chi connectivity index (χ3n) is 4.41. The van der Waals surface area contributed by atoms with Crippen molar-refractivity contribution in [1.29, 1.82) is 0 Å². The summed E-state index contributed by atoms with van der Waals surface area (Å²) < 4.78 is 18.0. The predicted octanol–water partition coefficient (Wildman–Crippen LogP) is 1.73. The van der Waals surface area contributed by atoms with Crippen molar-refractivity contribution in [2.45, 2.75) is 32.4 Å². The standard InChI is InChI=1S/C20H25N5O6/c1-3-4-9-30-19-23-16(21)15-17(24-19)25(20(22-15)29-2)10-13(26)11-31-14-7-5-12(6-8-14)18(27)28/h5-8,13,26H,3-4,9-11H2,1-2H3,(H,27,28)(H2,21,23,24). The van der Waals surface area contributed by atoms with E-state index in [4.69, 9.17) is 25.1 Å². The molecular formula is C20H25N5O6. The minimum atomic E-state index is -1.02. The number of carboxylic acid groups (broad SMARTS) is 1. The van der Waals surface area contributed by atoms with Crippen LogP contribution in [0.4, 0.5) is 5.82 Å². The molecule has 0 radical (unpaired) electrons. The van der Waals surface area contributed by atoms with E-state index in [1.165, 1.54) is 31.4 Å². The van der Waals surface area contributed by atoms with Gasteiger partial charge in [0.05, 0.1) is 25.8 Å². The zero-order chi connectivity index (χ0) is 22.4. The fourth-order valence-corrected chi connectivity index (χ4v) is 2.82. The molecule has 3 aromatic rings. The first-order valence-corrected chi connectivity index (χ1v) is 9.77. The molecule has 11 nitrogen and oxygen atoms in total. The molecule has 0 fully saturated rings. The van der Waals surface area contributed by atoms with Crippen molar-refractivity contribution in [3.63, 3.8) is 0 Å². The molecule has 4 N–H and O–H groups in total. The molecule has 2 heterocycles. The van der Waals surface area contributed by atoms with Gasteiger partial charge >= 0.3 is 12.0 Å². The SMILES string of the molecule is CCCCOc1nc(N)c2nc(OC)n(CC(O)COc3ccc(C(=O)O)cc3)c2n1. The van der Waals surface area contributed by atoms with E-state index >= 15 is 0 Å². The van der Waals surface area contributed by atoms with Crippen LogP contribution in [0.3, 0.4) is 0 Å². The van der Waals surface area contributed by atoms with Crippen LogP contribution in [0, 0.1) is 0 Å². The van der Waals surface area contributed by atoms with Crippen LogP contribution in [-0.2, 0) is 6.54 Å². The first kappa shape index (κ1) is 22.1. The molecule has 1 aromatic carbocycles. The summed E-state index contributed by atoms with van der Waals surface area (Å²) in [7, 11) is 1.45. The molecule has 11 heteroatoms. The van der Waals surface area contributed by atoms with Crippen LogP contribution in [-0.4, -0.2) is 62.1 Å². The third-order valence-corrected chi connectivity index (χ3v) is 4.41. The average molecular weight is 431 g/mol. The second-order valence-corrected chi connectivity index (χ2v) is 6.77. The zero-order valence-corrected chi connectivity index (χ0v) is 17.3. The number of ether oxygens (including phenoxy) is 3. The quantitative estimate of drug-likeness (QED) is 0.382. The maximum Gasteiger partial charge on any atom is 0.335 e. The molecule has 0 bridgehead atoms. The number of imidazole rings is 1. The van der Waals surface area contributed by atoms with Crippen LogP contribution in [0.25, 0.3) is 11.2 Å². The summed E-state index contributed by atoms with van der Waals surface area (Å²) in [6.45, 7) is 2.53. The Hall–Kier alpha value is -3.60. The van der Waals surface area contributed by atoms with Crippen LogP contribution in [0.15, 0.2) is 24.3 Å². The summed E-state index contributed by atoms with van der Waals surface area (Å²) in [5, 5.41) is 19.4. The van der Waals surface area contributed by atoms with Gasteiger partial charge in [-0.05, 0) is 30.7 Å². The number of carbonyl (C=O) groups is 1. The first-order chi connectivity index (χ1) is 14.9. The van der Waals surface area contributed by atoms with E-state index in [0.29, 0.717) is 23.5 Å². The molecule has 1 unspecified atom stereocenters. The highest BCUT2D eigenvalue weighted by Crippen LogP contribution is 2.26. The lowest BCUT2D eigenvalue weighted by Crippen LogP contribution is -2.24. The zero-order valence-electron chi connectivity index (χ0n) is 17.3. The van der Waals surface area contributed by atoms with Gasteiger partial charge in [-0.15, -0.1) is 0 Å². The van der Waals surface area contributed by atoms with Crippen molar-refractivity contribution in [2.75, 3.05) is 26.1 Å². The van der Waals surface area contributed by atoms with E-state index in [9.17, 15) is 9.90 Å². The van der Waals surface area contributed by atoms with Gasteiger partial charge in [0.2, 0.25) is 0 Å². The van der Waals surface area contributed by atoms with Gasteiger partial charge in [-0.2, -0.15) is 15.0 Å². The Morgan fingerprint density at radius 3 is 2.58 bits per heavy atom. The molecule has 3 rings (SSSR count). The minimum Gasteiger partial charge on any atom is -0.491 e. The Balaban J connectivity index is 1.74. The number of hydrogen-bond donors (Lipinski definition) is 3. The number of methoxy groups -OCH3 is 1. The summed E-state index contributed by atoms with van der Waals surface area (Å²) in [5.41, 5.74) is 6.88. The van der Waals surface area contributed by atoms with Crippen LogP contribution >= 0.6 is 0 Å². The second kappa shape index (κ2) is 9.94. The number of unbranched alkanes of at least 4 members (excludes halogenated alkanes) is 1. The van der Waals surface area contributed by atoms with Crippen molar-refractivity contribution in [3.05, 3.63) is 29.8 Å². The average Bonchev–Trinajstić information content (AvgIpc) is 3.11. The first-order valence-electron chi connectivity index (χ1n) is 9.77. The number of benzene rings is 1. The number of aromatic nitrogens is 4. The molecule has 31 heavy (non-hydrogen) atoms. The van der Waals surface area contributed by atoms with Gasteiger partial charge in [0.25, 0.3) is 6.01 Å². The largest absolute Gasteiger partial charge is 0.491 e. The summed E-state index contributed by atoms with van der Waals surface area (Å²) in [6.07, 6.45) is 0.883. The fourth-order valence-electron chi connectivity index (χ4n) is 2.82. The smallest absolute Gasteiger partial charge is 0.335 e. The Bertz CT molecular complexity index is 1040. The van der Waals surface area contributed by atoms with Crippen molar-refractivity contribution in [1.82, 2.24) is 19.5 Å². The molecule has 0 saturated carbocycles. The van der Waals surface area contributed by atoms with E-state index in [1.54, 1.807) is 4.57 Å². The maximum absolute atomic E-state index is 10.9. The van der Waals surface area contributed by atoms with Crippen LogP contribution in [0.1, 0.15) is 30.1 Å². The number of nitrogen functional groups attached to an aromatic ring is 1. The van der Waals surface area contributed by atoms with Crippen molar-refractivity contribution < 1.29 is 29.2 Å². The summed E-state index contributed by atoms with van der Waals surface area (Å²) in [4.78, 5) is 23.7. The highest BCUT2D eigenvalue weighted by molar-refractivity contribution is 5.87. The Morgan fingerprint density at radius 1 is 1.19 bits per heavy atom. The van der Waals surface area contributed by atoms with Gasteiger partial charge in [0.15, 0.2) is 17.0 Å². The molecule has 0 aliphatic rings. The number of aliphatic hydroxyl groups is 1. The highest BCUT2D eigenvalue weighted by Gasteiger charge is 2.20. The van der Waals surface area contributed by atoms with Gasteiger partial charge in [0, 0.05) is 0 Å². The van der Waals surface area contributed by atoms with Gasteiger partial charge in [-0.25, -0.2) is 4.79 Å². The lowest BCUT2D eigenvalue weighted by atomic mass is 10.2. The van der Waals surface area contributed by atoms with Crippen LogP contribution in [0.2, 0.25) is 0 Å². The number of fused-ring (bicyclic) bond motifs is 1. The molecule has 0 saturated heterocycles. The fraction of sp³-hybridized carbons (Fsp3) is 0.400. The van der Waals surface area contributed by atoms with E-state index in [1.807, 2.05) is 6.92 Å². The monoisotopic (exact) mass is 431 g/mol. The van der Waals surface area contributed by atoms with E-state index in [2.05, 4.69) is 15.0 Å². The van der Waals surface area contributed by atoms with Gasteiger partial charge in [-0.3, -0.25) is 4.57 Å². The number of anilines is 1. The molecule has 0 aliphatic carbocycles. The number of nitrogens with two attached hydrogens (primary N) is 1. The van der Waals surface area contributed by atoms with Gasteiger partial charge in [-0.1, -0.05) is 13.3 Å². The molecular weight excluding hydrogens is 406 g/mol. The van der Waals surface area contributed by atoms with Crippen molar-refractivity contribution in [2.24, 2.45) is 0 Å². The summed E-state index contributed by atoms with van der Waals surface area (Å²) in [6, 6.07) is 6.25. The third kappa shape index (κ3) is 5.31. The Kier molecular flexibility index (Phi) is 7.08. The Morgan fingerprint density at radius 2 is 1.94 bits per heavy atom. The number of carboxylic acids is 1. The minimum absolute atomic E-state index is 0.0460. The number of rotatable bonds is 11. The van der Waals surface area contributed by atoms with E-state index in [0.717, 1.165) is 12.8 Å². The molecule has 1 atom stereocenters. The van der Waals surface area contributed by atoms with Crippen LogP contribution in [0.5, 0.6) is 17.8 Å². The number of nitrogens with zero attached hydrogens (tertiary/aromatic N) is 4. The normalized spacial score (nSPS) is 12.0. The second-order valence-electron chi connectivity index (χ2n) is 6.77. The number of aliphatic hydroxyl groups excluding tert-OH is 1. The van der Waals surface area contributed by atoms with Crippen molar-refractivity contribution in [3.8, 4) is 17.8 Å². The Labute approximate surface area is 178 Å². The van der Waals surface area contributed by atoms with Gasteiger partial charge in [0.1, 0.15) is 18.5 Å². The molecule has 2 aromatic heterocycles. The van der Waals surface area contributed by atoms with Gasteiger partial charge < -0.3 is 30.2 Å². The topological polar surface area (TPSA) is 155 Å². The number of hydrogen-bond acceptors (Lipinski definition) is 9. The highest BCUT2D eigenvalue weighted by atomic mass is 16.5. The van der Waals surface area contributed by atoms with Crippen LogP contribution < -0.4 is 19.9 Å². The number of aromatic carboxylic acids is 1. The molecule has 166 valence electrons. The summed E-state index contributed by atoms with van der Waals surface area (Å²) >= 11 is 0. The maximum atomic E-state index is 10.9. The van der Waals surface area contributed by atoms with E-state index in [-0.39, 0.29) is 36.6 Å². The summed E-state index contributed by atoms with van der Waals surface area (Å²) in [5.74, 6) is -0.438. The lowest BCUT2D eigenvalue weighted by molar-refractivity contribution is 0.0696. The molecule has 0 spiro atoms. The van der Waals surface area contributed by atoms with E-state index < -0.39 is 12.1 Å². The predicted molar refractivity (Wildman–Crippen MR) is 112 cm³/mol.